The average molecular weight is 427 g/mol. The van der Waals surface area contributed by atoms with E-state index in [-0.39, 0.29) is 23.6 Å². The van der Waals surface area contributed by atoms with Crippen molar-refractivity contribution < 1.29 is 29.0 Å². The van der Waals surface area contributed by atoms with Crippen molar-refractivity contribution in [1.82, 2.24) is 5.32 Å². The third-order valence-corrected chi connectivity index (χ3v) is 6.05. The maximum absolute atomic E-state index is 13.6. The molecular weight excluding hydrogens is 398 g/mol. The summed E-state index contributed by atoms with van der Waals surface area (Å²) in [6.45, 7) is 7.33. The number of benzene rings is 1. The normalized spacial score (nSPS) is 24.3. The van der Waals surface area contributed by atoms with E-state index in [2.05, 4.69) is 5.32 Å². The molecule has 0 fully saturated rings. The van der Waals surface area contributed by atoms with E-state index in [0.717, 1.165) is 0 Å². The van der Waals surface area contributed by atoms with Crippen molar-refractivity contribution in [2.75, 3.05) is 7.11 Å². The van der Waals surface area contributed by atoms with Crippen LogP contribution in [0.3, 0.4) is 0 Å². The Labute approximate surface area is 182 Å². The first-order chi connectivity index (χ1) is 14.7. The summed E-state index contributed by atoms with van der Waals surface area (Å²) in [6.07, 6.45) is 0.816. The number of nitrogens with one attached hydrogen (secondary N) is 1. The molecule has 0 saturated carbocycles. The van der Waals surface area contributed by atoms with E-state index in [0.29, 0.717) is 40.9 Å². The van der Waals surface area contributed by atoms with Crippen molar-refractivity contribution in [3.63, 3.8) is 0 Å². The van der Waals surface area contributed by atoms with Crippen molar-refractivity contribution in [2.45, 2.75) is 52.6 Å². The minimum Gasteiger partial charge on any atom is -0.508 e. The van der Waals surface area contributed by atoms with E-state index >= 15 is 0 Å². The molecule has 1 aliphatic carbocycles. The number of esters is 2. The summed E-state index contributed by atoms with van der Waals surface area (Å²) in [7, 11) is 1.26. The zero-order chi connectivity index (χ0) is 22.9. The second-order valence-electron chi connectivity index (χ2n) is 8.25. The van der Waals surface area contributed by atoms with Crippen LogP contribution < -0.4 is 5.32 Å². The molecule has 1 aromatic rings. The minimum atomic E-state index is -0.949. The highest BCUT2D eigenvalue weighted by molar-refractivity contribution is 6.12. The molecule has 166 valence electrons. The maximum Gasteiger partial charge on any atom is 0.337 e. The number of phenolic OH excluding ortho intramolecular Hbond substituents is 1. The molecule has 0 amide bonds. The number of methoxy groups -OCH3 is 1. The first kappa shape index (κ1) is 22.6. The fourth-order valence-corrected chi connectivity index (χ4v) is 4.32. The quantitative estimate of drug-likeness (QED) is 0.549. The SMILES string of the molecule is CC[C@H](C)OC(=O)C1=C(C)NC2=C(C(=O)[C@H](C(=O)OC)[C@@H](C)C2)[C@H]1c1cccc(O)c1. The summed E-state index contributed by atoms with van der Waals surface area (Å²) < 4.78 is 10.5. The predicted octanol–water partition coefficient (Wildman–Crippen LogP) is 3.35. The molecule has 2 aliphatic rings. The molecule has 0 bridgehead atoms. The molecule has 7 heteroatoms. The number of carbonyl (C=O) groups is 3. The Hall–Kier alpha value is -3.09. The summed E-state index contributed by atoms with van der Waals surface area (Å²) in [4.78, 5) is 39.1. The number of allylic oxidation sites excluding steroid dienone is 3. The summed E-state index contributed by atoms with van der Waals surface area (Å²) >= 11 is 0. The fourth-order valence-electron chi connectivity index (χ4n) is 4.32. The van der Waals surface area contributed by atoms with Crippen molar-refractivity contribution >= 4 is 17.7 Å². The van der Waals surface area contributed by atoms with Gasteiger partial charge in [-0.1, -0.05) is 26.0 Å². The number of carbonyl (C=O) groups excluding carboxylic acids is 3. The summed E-state index contributed by atoms with van der Waals surface area (Å²) in [6, 6.07) is 6.47. The van der Waals surface area contributed by atoms with Gasteiger partial charge in [0.15, 0.2) is 5.78 Å². The summed E-state index contributed by atoms with van der Waals surface area (Å²) in [5.74, 6) is -3.43. The molecule has 0 spiro atoms. The molecule has 1 heterocycles. The van der Waals surface area contributed by atoms with Gasteiger partial charge in [0.05, 0.1) is 18.8 Å². The lowest BCUT2D eigenvalue weighted by Gasteiger charge is -2.38. The molecule has 31 heavy (non-hydrogen) atoms. The number of hydrogen-bond acceptors (Lipinski definition) is 7. The zero-order valence-corrected chi connectivity index (χ0v) is 18.5. The van der Waals surface area contributed by atoms with Gasteiger partial charge in [-0.25, -0.2) is 4.79 Å². The number of hydrogen-bond donors (Lipinski definition) is 2. The first-order valence-electron chi connectivity index (χ1n) is 10.5. The molecule has 0 saturated heterocycles. The Balaban J connectivity index is 2.17. The number of phenols is 1. The average Bonchev–Trinajstić information content (AvgIpc) is 2.72. The third-order valence-electron chi connectivity index (χ3n) is 6.05. The van der Waals surface area contributed by atoms with Crippen LogP contribution in [0.25, 0.3) is 0 Å². The van der Waals surface area contributed by atoms with E-state index in [1.165, 1.54) is 19.2 Å². The van der Waals surface area contributed by atoms with Gasteiger partial charge in [0, 0.05) is 22.9 Å². The Morgan fingerprint density at radius 3 is 2.65 bits per heavy atom. The van der Waals surface area contributed by atoms with E-state index < -0.39 is 23.8 Å². The van der Waals surface area contributed by atoms with Gasteiger partial charge in [0.2, 0.25) is 0 Å². The highest BCUT2D eigenvalue weighted by Gasteiger charge is 2.47. The lowest BCUT2D eigenvalue weighted by Crippen LogP contribution is -2.43. The second-order valence-corrected chi connectivity index (χ2v) is 8.25. The second kappa shape index (κ2) is 8.96. The fraction of sp³-hybridized carbons (Fsp3) is 0.458. The molecule has 1 aromatic carbocycles. The topological polar surface area (TPSA) is 102 Å². The third kappa shape index (κ3) is 4.22. The lowest BCUT2D eigenvalue weighted by molar-refractivity contribution is -0.151. The van der Waals surface area contributed by atoms with E-state index in [1.807, 2.05) is 13.8 Å². The van der Waals surface area contributed by atoms with Crippen LogP contribution in [0.15, 0.2) is 46.8 Å². The highest BCUT2D eigenvalue weighted by Crippen LogP contribution is 2.46. The minimum absolute atomic E-state index is 0.0200. The van der Waals surface area contributed by atoms with Crippen molar-refractivity contribution in [3.8, 4) is 5.75 Å². The zero-order valence-electron chi connectivity index (χ0n) is 18.5. The molecule has 7 nitrogen and oxygen atoms in total. The molecule has 4 atom stereocenters. The van der Waals surface area contributed by atoms with Crippen LogP contribution in [0.5, 0.6) is 5.75 Å². The molecule has 0 aromatic heterocycles. The Morgan fingerprint density at radius 2 is 2.03 bits per heavy atom. The Morgan fingerprint density at radius 1 is 1.32 bits per heavy atom. The molecular formula is C24H29NO6. The van der Waals surface area contributed by atoms with Crippen LogP contribution >= 0.6 is 0 Å². The molecule has 0 radical (unpaired) electrons. The van der Waals surface area contributed by atoms with Gasteiger partial charge < -0.3 is 19.9 Å². The summed E-state index contributed by atoms with van der Waals surface area (Å²) in [5, 5.41) is 13.3. The number of ketones is 1. The lowest BCUT2D eigenvalue weighted by atomic mass is 9.69. The van der Waals surface area contributed by atoms with E-state index in [4.69, 9.17) is 9.47 Å². The van der Waals surface area contributed by atoms with Crippen molar-refractivity contribution in [1.29, 1.82) is 0 Å². The number of ether oxygens (including phenoxy) is 2. The predicted molar refractivity (Wildman–Crippen MR) is 114 cm³/mol. The number of Topliss-reactive ketones (excluding diaryl/α,β-unsaturated/α-hetero) is 1. The Kier molecular flexibility index (Phi) is 6.53. The Bertz CT molecular complexity index is 976. The molecule has 0 unspecified atom stereocenters. The van der Waals surface area contributed by atoms with Crippen LogP contribution in [0.4, 0.5) is 0 Å². The van der Waals surface area contributed by atoms with Gasteiger partial charge in [0.25, 0.3) is 0 Å². The van der Waals surface area contributed by atoms with E-state index in [9.17, 15) is 19.5 Å². The van der Waals surface area contributed by atoms with Crippen LogP contribution in [0.1, 0.15) is 52.0 Å². The monoisotopic (exact) mass is 427 g/mol. The largest absolute Gasteiger partial charge is 0.508 e. The van der Waals surface area contributed by atoms with Crippen LogP contribution in [-0.4, -0.2) is 36.0 Å². The van der Waals surface area contributed by atoms with Crippen LogP contribution in [-0.2, 0) is 23.9 Å². The van der Waals surface area contributed by atoms with Gasteiger partial charge in [-0.15, -0.1) is 0 Å². The number of aromatic hydroxyl groups is 1. The number of dihydropyridines is 1. The smallest absolute Gasteiger partial charge is 0.337 e. The van der Waals surface area contributed by atoms with Crippen molar-refractivity contribution in [3.05, 3.63) is 52.4 Å². The van der Waals surface area contributed by atoms with Crippen LogP contribution in [0.2, 0.25) is 0 Å². The first-order valence-corrected chi connectivity index (χ1v) is 10.5. The molecule has 2 N–H and O–H groups in total. The van der Waals surface area contributed by atoms with Gasteiger partial charge >= 0.3 is 11.9 Å². The molecule has 3 rings (SSSR count). The van der Waals surface area contributed by atoms with Gasteiger partial charge in [-0.3, -0.25) is 9.59 Å². The van der Waals surface area contributed by atoms with Crippen molar-refractivity contribution in [2.24, 2.45) is 11.8 Å². The maximum atomic E-state index is 13.6. The highest BCUT2D eigenvalue weighted by atomic mass is 16.5. The standard InChI is InChI=1S/C24H29NO6/c1-6-13(3)31-24(29)19-14(4)25-17-10-12(2)18(23(28)30-5)22(27)21(17)20(19)15-8-7-9-16(26)11-15/h7-9,11-13,18,20,25-26H,6,10H2,1-5H3/t12-,13-,18+,20-/m0/s1. The summed E-state index contributed by atoms with van der Waals surface area (Å²) in [5.41, 5.74) is 2.51. The molecule has 1 aliphatic heterocycles. The van der Waals surface area contributed by atoms with E-state index in [1.54, 1.807) is 26.0 Å². The number of rotatable bonds is 5. The van der Waals surface area contributed by atoms with Gasteiger partial charge in [0.1, 0.15) is 11.7 Å². The van der Waals surface area contributed by atoms with Crippen LogP contribution in [0, 0.1) is 11.8 Å². The van der Waals surface area contributed by atoms with Gasteiger partial charge in [-0.05, 0) is 50.3 Å². The van der Waals surface area contributed by atoms with Gasteiger partial charge in [-0.2, -0.15) is 0 Å².